The number of carbonyl (C=O) groups excluding carboxylic acids is 1. The lowest BCUT2D eigenvalue weighted by Gasteiger charge is -2.40. The van der Waals surface area contributed by atoms with E-state index in [0.717, 1.165) is 31.7 Å². The highest BCUT2D eigenvalue weighted by molar-refractivity contribution is 5.86. The molecule has 0 aromatic carbocycles. The molecule has 2 aliphatic rings. The van der Waals surface area contributed by atoms with E-state index in [1.54, 1.807) is 0 Å². The number of amides is 1. The highest BCUT2D eigenvalue weighted by Gasteiger charge is 2.42. The van der Waals surface area contributed by atoms with Crippen molar-refractivity contribution in [3.63, 3.8) is 0 Å². The predicted octanol–water partition coefficient (Wildman–Crippen LogP) is 2.54. The SMILES string of the molecule is CC1CCCC(N)(C(=O)N(CC2CC2)C(C)C)C1. The number of carbonyl (C=O) groups is 1. The van der Waals surface area contributed by atoms with Gasteiger partial charge in [0.2, 0.25) is 5.91 Å². The van der Waals surface area contributed by atoms with Gasteiger partial charge in [-0.05, 0) is 51.4 Å². The van der Waals surface area contributed by atoms with Crippen LogP contribution < -0.4 is 5.73 Å². The lowest BCUT2D eigenvalue weighted by molar-refractivity contribution is -0.141. The number of rotatable bonds is 4. The van der Waals surface area contributed by atoms with Crippen LogP contribution in [0.2, 0.25) is 0 Å². The van der Waals surface area contributed by atoms with Gasteiger partial charge in [0.05, 0.1) is 5.54 Å². The molecule has 0 heterocycles. The summed E-state index contributed by atoms with van der Waals surface area (Å²) in [7, 11) is 0. The van der Waals surface area contributed by atoms with E-state index in [9.17, 15) is 4.79 Å². The highest BCUT2D eigenvalue weighted by atomic mass is 16.2. The van der Waals surface area contributed by atoms with E-state index in [-0.39, 0.29) is 11.9 Å². The van der Waals surface area contributed by atoms with Gasteiger partial charge in [0.25, 0.3) is 0 Å². The molecule has 0 bridgehead atoms. The number of nitrogens with zero attached hydrogens (tertiary/aromatic N) is 1. The van der Waals surface area contributed by atoms with Gasteiger partial charge < -0.3 is 10.6 Å². The zero-order chi connectivity index (χ0) is 13.3. The fourth-order valence-electron chi connectivity index (χ4n) is 3.18. The van der Waals surface area contributed by atoms with Crippen molar-refractivity contribution in [1.82, 2.24) is 4.90 Å². The Morgan fingerprint density at radius 1 is 1.39 bits per heavy atom. The van der Waals surface area contributed by atoms with Gasteiger partial charge in [0, 0.05) is 12.6 Å². The largest absolute Gasteiger partial charge is 0.338 e. The Morgan fingerprint density at radius 2 is 2.06 bits per heavy atom. The first kappa shape index (κ1) is 13.9. The van der Waals surface area contributed by atoms with Crippen LogP contribution in [0, 0.1) is 11.8 Å². The van der Waals surface area contributed by atoms with Crippen molar-refractivity contribution in [3.05, 3.63) is 0 Å². The minimum absolute atomic E-state index is 0.205. The maximum Gasteiger partial charge on any atom is 0.242 e. The molecule has 0 radical (unpaired) electrons. The molecule has 104 valence electrons. The van der Waals surface area contributed by atoms with Crippen molar-refractivity contribution in [3.8, 4) is 0 Å². The van der Waals surface area contributed by atoms with Crippen LogP contribution >= 0.6 is 0 Å². The maximum absolute atomic E-state index is 12.8. The standard InChI is InChI=1S/C15H28N2O/c1-11(2)17(10-13-6-7-13)14(18)15(16)8-4-5-12(3)9-15/h11-13H,4-10,16H2,1-3H3. The van der Waals surface area contributed by atoms with E-state index in [2.05, 4.69) is 20.8 Å². The molecule has 2 fully saturated rings. The van der Waals surface area contributed by atoms with Crippen LogP contribution in [0.4, 0.5) is 0 Å². The first-order valence-electron chi connectivity index (χ1n) is 7.52. The Labute approximate surface area is 111 Å². The maximum atomic E-state index is 12.8. The molecule has 0 spiro atoms. The van der Waals surface area contributed by atoms with Gasteiger partial charge in [-0.15, -0.1) is 0 Å². The van der Waals surface area contributed by atoms with Gasteiger partial charge >= 0.3 is 0 Å². The lowest BCUT2D eigenvalue weighted by atomic mass is 9.76. The molecule has 0 saturated heterocycles. The fraction of sp³-hybridized carbons (Fsp3) is 0.933. The number of hydrogen-bond acceptors (Lipinski definition) is 2. The average Bonchev–Trinajstić information content (AvgIpc) is 3.08. The van der Waals surface area contributed by atoms with Gasteiger partial charge in [0.1, 0.15) is 0 Å². The molecule has 0 aromatic heterocycles. The van der Waals surface area contributed by atoms with Crippen LogP contribution in [0.15, 0.2) is 0 Å². The predicted molar refractivity (Wildman–Crippen MR) is 74.1 cm³/mol. The quantitative estimate of drug-likeness (QED) is 0.835. The summed E-state index contributed by atoms with van der Waals surface area (Å²) >= 11 is 0. The third kappa shape index (κ3) is 3.05. The van der Waals surface area contributed by atoms with Gasteiger partial charge in [-0.25, -0.2) is 0 Å². The van der Waals surface area contributed by atoms with E-state index in [1.807, 2.05) is 4.90 Å². The normalized spacial score (nSPS) is 32.6. The summed E-state index contributed by atoms with van der Waals surface area (Å²) in [5, 5.41) is 0. The molecule has 2 aliphatic carbocycles. The molecule has 2 N–H and O–H groups in total. The second-order valence-corrected chi connectivity index (χ2v) is 6.85. The summed E-state index contributed by atoms with van der Waals surface area (Å²) < 4.78 is 0. The fourth-order valence-corrected chi connectivity index (χ4v) is 3.18. The summed E-state index contributed by atoms with van der Waals surface area (Å²) in [6, 6.07) is 0.274. The molecule has 0 aromatic rings. The summed E-state index contributed by atoms with van der Waals surface area (Å²) in [4.78, 5) is 14.8. The van der Waals surface area contributed by atoms with Crippen molar-refractivity contribution in [2.75, 3.05) is 6.54 Å². The van der Waals surface area contributed by atoms with Crippen LogP contribution in [-0.2, 0) is 4.79 Å². The molecular formula is C15H28N2O. The molecule has 2 atom stereocenters. The van der Waals surface area contributed by atoms with Crippen molar-refractivity contribution in [2.24, 2.45) is 17.6 Å². The van der Waals surface area contributed by atoms with Crippen molar-refractivity contribution < 1.29 is 4.79 Å². The molecule has 2 unspecified atom stereocenters. The average molecular weight is 252 g/mol. The summed E-state index contributed by atoms with van der Waals surface area (Å²) in [5.41, 5.74) is 5.85. The highest BCUT2D eigenvalue weighted by Crippen LogP contribution is 2.35. The van der Waals surface area contributed by atoms with Crippen LogP contribution in [0.3, 0.4) is 0 Å². The molecular weight excluding hydrogens is 224 g/mol. The van der Waals surface area contributed by atoms with Crippen LogP contribution in [-0.4, -0.2) is 28.9 Å². The second-order valence-electron chi connectivity index (χ2n) is 6.85. The van der Waals surface area contributed by atoms with Gasteiger partial charge in [-0.3, -0.25) is 4.79 Å². The van der Waals surface area contributed by atoms with Crippen molar-refractivity contribution in [2.45, 2.75) is 70.9 Å². The van der Waals surface area contributed by atoms with Gasteiger partial charge in [0.15, 0.2) is 0 Å². The Morgan fingerprint density at radius 3 is 2.56 bits per heavy atom. The van der Waals surface area contributed by atoms with Crippen molar-refractivity contribution >= 4 is 5.91 Å². The van der Waals surface area contributed by atoms with Crippen LogP contribution in [0.1, 0.15) is 59.3 Å². The Bertz CT molecular complexity index is 312. The first-order chi connectivity index (χ1) is 8.42. The summed E-state index contributed by atoms with van der Waals surface area (Å²) in [5.74, 6) is 1.53. The van der Waals surface area contributed by atoms with Gasteiger partial charge in [-0.1, -0.05) is 19.8 Å². The zero-order valence-corrected chi connectivity index (χ0v) is 12.1. The van der Waals surface area contributed by atoms with Crippen LogP contribution in [0.5, 0.6) is 0 Å². The molecule has 0 aliphatic heterocycles. The Kier molecular flexibility index (Phi) is 4.00. The molecule has 1 amide bonds. The van der Waals surface area contributed by atoms with E-state index in [1.165, 1.54) is 19.3 Å². The number of hydrogen-bond donors (Lipinski definition) is 1. The summed E-state index contributed by atoms with van der Waals surface area (Å²) in [6.45, 7) is 7.35. The van der Waals surface area contributed by atoms with E-state index in [0.29, 0.717) is 5.92 Å². The minimum atomic E-state index is -0.586. The topological polar surface area (TPSA) is 46.3 Å². The smallest absolute Gasteiger partial charge is 0.242 e. The van der Waals surface area contributed by atoms with Crippen molar-refractivity contribution in [1.29, 1.82) is 0 Å². The third-order valence-corrected chi connectivity index (χ3v) is 4.49. The lowest BCUT2D eigenvalue weighted by Crippen LogP contribution is -2.59. The molecule has 2 saturated carbocycles. The van der Waals surface area contributed by atoms with Gasteiger partial charge in [-0.2, -0.15) is 0 Å². The Hall–Kier alpha value is -0.570. The first-order valence-corrected chi connectivity index (χ1v) is 7.52. The minimum Gasteiger partial charge on any atom is -0.338 e. The molecule has 2 rings (SSSR count). The molecule has 3 heteroatoms. The summed E-state index contributed by atoms with van der Waals surface area (Å²) in [6.07, 6.45) is 6.61. The monoisotopic (exact) mass is 252 g/mol. The van der Waals surface area contributed by atoms with E-state index >= 15 is 0 Å². The molecule has 3 nitrogen and oxygen atoms in total. The zero-order valence-electron chi connectivity index (χ0n) is 12.1. The third-order valence-electron chi connectivity index (χ3n) is 4.49. The second kappa shape index (κ2) is 5.20. The van der Waals surface area contributed by atoms with Crippen LogP contribution in [0.25, 0.3) is 0 Å². The molecule has 18 heavy (non-hydrogen) atoms. The van der Waals surface area contributed by atoms with E-state index < -0.39 is 5.54 Å². The number of nitrogens with two attached hydrogens (primary N) is 1. The van der Waals surface area contributed by atoms with E-state index in [4.69, 9.17) is 5.73 Å². The Balaban J connectivity index is 2.05.